The average molecular weight is 246 g/mol. The number of rotatable bonds is 2. The summed E-state index contributed by atoms with van der Waals surface area (Å²) in [5, 5.41) is 11.5. The van der Waals surface area contributed by atoms with Gasteiger partial charge in [-0.05, 0) is 18.2 Å². The molecule has 5 nitrogen and oxygen atoms in total. The molecule has 0 saturated carbocycles. The Morgan fingerprint density at radius 3 is 3.00 bits per heavy atom. The van der Waals surface area contributed by atoms with E-state index < -0.39 is 0 Å². The second-order valence-corrected chi connectivity index (χ2v) is 3.91. The normalized spacial score (nSPS) is 10.6. The van der Waals surface area contributed by atoms with Crippen molar-refractivity contribution in [1.29, 1.82) is 0 Å². The summed E-state index contributed by atoms with van der Waals surface area (Å²) < 4.78 is 0. The summed E-state index contributed by atoms with van der Waals surface area (Å²) in [6, 6.07) is 7.54. The van der Waals surface area contributed by atoms with Crippen molar-refractivity contribution < 1.29 is 0 Å². The first-order valence-corrected chi connectivity index (χ1v) is 5.37. The highest BCUT2D eigenvalue weighted by atomic mass is 35.5. The van der Waals surface area contributed by atoms with Crippen molar-refractivity contribution in [2.45, 2.75) is 0 Å². The molecule has 0 amide bonds. The van der Waals surface area contributed by atoms with Crippen molar-refractivity contribution in [3.63, 3.8) is 0 Å². The van der Waals surface area contributed by atoms with Gasteiger partial charge in [-0.3, -0.25) is 5.10 Å². The minimum absolute atomic E-state index is 0.409. The van der Waals surface area contributed by atoms with Crippen LogP contribution in [0.4, 0.5) is 11.5 Å². The molecule has 1 aromatic carbocycles. The number of hydrogen-bond acceptors (Lipinski definition) is 4. The van der Waals surface area contributed by atoms with Gasteiger partial charge in [0.05, 0.1) is 11.7 Å². The first-order valence-electron chi connectivity index (χ1n) is 4.99. The number of fused-ring (bicyclic) bond motifs is 1. The third-order valence-electron chi connectivity index (χ3n) is 2.35. The van der Waals surface area contributed by atoms with Crippen LogP contribution < -0.4 is 5.32 Å². The summed E-state index contributed by atoms with van der Waals surface area (Å²) in [6.07, 6.45) is 3.19. The lowest BCUT2D eigenvalue weighted by atomic mass is 10.2. The third kappa shape index (κ3) is 2.05. The van der Waals surface area contributed by atoms with Crippen molar-refractivity contribution in [1.82, 2.24) is 20.2 Å². The van der Waals surface area contributed by atoms with Crippen LogP contribution >= 0.6 is 11.6 Å². The zero-order chi connectivity index (χ0) is 11.7. The van der Waals surface area contributed by atoms with E-state index >= 15 is 0 Å². The van der Waals surface area contributed by atoms with Gasteiger partial charge in [0.2, 0.25) is 0 Å². The summed E-state index contributed by atoms with van der Waals surface area (Å²) in [6.45, 7) is 0. The maximum absolute atomic E-state index is 5.78. The van der Waals surface area contributed by atoms with Crippen molar-refractivity contribution in [2.24, 2.45) is 0 Å². The van der Waals surface area contributed by atoms with Gasteiger partial charge in [-0.25, -0.2) is 9.97 Å². The van der Waals surface area contributed by atoms with Gasteiger partial charge in [-0.2, -0.15) is 5.10 Å². The highest BCUT2D eigenvalue weighted by Gasteiger charge is 2.00. The van der Waals surface area contributed by atoms with Gasteiger partial charge in [0.15, 0.2) is 0 Å². The molecule has 2 N–H and O–H groups in total. The molecule has 0 unspecified atom stereocenters. The van der Waals surface area contributed by atoms with Gasteiger partial charge in [0.1, 0.15) is 17.3 Å². The lowest BCUT2D eigenvalue weighted by Gasteiger charge is -2.04. The molecule has 0 saturated heterocycles. The molecule has 0 aliphatic heterocycles. The lowest BCUT2D eigenvalue weighted by Crippen LogP contribution is -1.93. The Hall–Kier alpha value is -2.14. The summed E-state index contributed by atoms with van der Waals surface area (Å²) in [5.74, 6) is 0.660. The third-order valence-corrected chi connectivity index (χ3v) is 2.55. The van der Waals surface area contributed by atoms with Crippen molar-refractivity contribution >= 4 is 34.0 Å². The number of aromatic amines is 1. The van der Waals surface area contributed by atoms with E-state index in [9.17, 15) is 0 Å². The topological polar surface area (TPSA) is 66.5 Å². The Kier molecular flexibility index (Phi) is 2.38. The van der Waals surface area contributed by atoms with E-state index in [2.05, 4.69) is 25.5 Å². The molecule has 17 heavy (non-hydrogen) atoms. The maximum Gasteiger partial charge on any atom is 0.135 e. The van der Waals surface area contributed by atoms with Crippen LogP contribution in [0.2, 0.25) is 5.15 Å². The van der Waals surface area contributed by atoms with Gasteiger partial charge < -0.3 is 5.32 Å². The Morgan fingerprint density at radius 2 is 2.12 bits per heavy atom. The highest BCUT2D eigenvalue weighted by molar-refractivity contribution is 6.29. The summed E-state index contributed by atoms with van der Waals surface area (Å²) in [7, 11) is 0. The highest BCUT2D eigenvalue weighted by Crippen LogP contribution is 2.20. The van der Waals surface area contributed by atoms with Crippen molar-refractivity contribution in [3.8, 4) is 0 Å². The van der Waals surface area contributed by atoms with Crippen molar-refractivity contribution in [2.75, 3.05) is 5.32 Å². The number of H-pyrrole nitrogens is 1. The number of aromatic nitrogens is 4. The molecule has 2 aromatic heterocycles. The van der Waals surface area contributed by atoms with E-state index in [-0.39, 0.29) is 0 Å². The first-order chi connectivity index (χ1) is 8.31. The van der Waals surface area contributed by atoms with Crippen LogP contribution in [-0.4, -0.2) is 20.2 Å². The molecule has 0 aliphatic rings. The first kappa shape index (κ1) is 10.0. The van der Waals surface area contributed by atoms with E-state index in [4.69, 9.17) is 11.6 Å². The fourth-order valence-electron chi connectivity index (χ4n) is 1.57. The molecule has 84 valence electrons. The van der Waals surface area contributed by atoms with Crippen LogP contribution in [0.1, 0.15) is 0 Å². The largest absolute Gasteiger partial charge is 0.340 e. The van der Waals surface area contributed by atoms with Crippen LogP contribution in [0.5, 0.6) is 0 Å². The zero-order valence-corrected chi connectivity index (χ0v) is 9.44. The molecule has 3 aromatic rings. The number of nitrogens with zero attached hydrogens (tertiary/aromatic N) is 3. The predicted molar refractivity (Wildman–Crippen MR) is 66.4 cm³/mol. The summed E-state index contributed by atoms with van der Waals surface area (Å²) >= 11 is 5.78. The monoisotopic (exact) mass is 245 g/mol. The van der Waals surface area contributed by atoms with E-state index in [1.54, 1.807) is 12.3 Å². The standard InChI is InChI=1S/C11H8ClN5/c12-10-4-11(14-6-13-10)16-8-1-2-9-7(3-8)5-15-17-9/h1-6H,(H,15,17)(H,13,14,16). The number of nitrogens with one attached hydrogen (secondary N) is 2. The van der Waals surface area contributed by atoms with Crippen LogP contribution in [0.25, 0.3) is 10.9 Å². The quantitative estimate of drug-likeness (QED) is 0.682. The molecule has 2 heterocycles. The molecule has 3 rings (SSSR count). The fourth-order valence-corrected chi connectivity index (χ4v) is 1.72. The van der Waals surface area contributed by atoms with Gasteiger partial charge in [0.25, 0.3) is 0 Å². The predicted octanol–water partition coefficient (Wildman–Crippen LogP) is 2.75. The van der Waals surface area contributed by atoms with E-state index in [1.165, 1.54) is 6.33 Å². The van der Waals surface area contributed by atoms with Crippen LogP contribution in [0.15, 0.2) is 36.8 Å². The Bertz CT molecular complexity index is 664. The van der Waals surface area contributed by atoms with Gasteiger partial charge >= 0.3 is 0 Å². The summed E-state index contributed by atoms with van der Waals surface area (Å²) in [4.78, 5) is 7.89. The Morgan fingerprint density at radius 1 is 1.18 bits per heavy atom. The van der Waals surface area contributed by atoms with E-state index in [0.29, 0.717) is 11.0 Å². The second kappa shape index (κ2) is 4.03. The Balaban J connectivity index is 1.94. The molecule has 0 radical (unpaired) electrons. The second-order valence-electron chi connectivity index (χ2n) is 3.52. The number of hydrogen-bond donors (Lipinski definition) is 2. The van der Waals surface area contributed by atoms with Crippen LogP contribution in [-0.2, 0) is 0 Å². The zero-order valence-electron chi connectivity index (χ0n) is 8.68. The smallest absolute Gasteiger partial charge is 0.135 e. The van der Waals surface area contributed by atoms with Crippen molar-refractivity contribution in [3.05, 3.63) is 41.9 Å². The molecule has 6 heteroatoms. The fraction of sp³-hybridized carbons (Fsp3) is 0. The van der Waals surface area contributed by atoms with E-state index in [0.717, 1.165) is 16.6 Å². The Labute approximate surface area is 102 Å². The molecule has 0 atom stereocenters. The molecule has 0 fully saturated rings. The number of benzene rings is 1. The molecule has 0 bridgehead atoms. The SMILES string of the molecule is Clc1cc(Nc2ccc3[nH]ncc3c2)ncn1. The average Bonchev–Trinajstić information content (AvgIpc) is 2.76. The number of halogens is 1. The van der Waals surface area contributed by atoms with Gasteiger partial charge in [-0.15, -0.1) is 0 Å². The van der Waals surface area contributed by atoms with Crippen LogP contribution in [0.3, 0.4) is 0 Å². The van der Waals surface area contributed by atoms with Gasteiger partial charge in [0, 0.05) is 17.1 Å². The molecule has 0 aliphatic carbocycles. The van der Waals surface area contributed by atoms with Crippen LogP contribution in [0, 0.1) is 0 Å². The lowest BCUT2D eigenvalue weighted by molar-refractivity contribution is 1.12. The van der Waals surface area contributed by atoms with E-state index in [1.807, 2.05) is 18.2 Å². The minimum atomic E-state index is 0.409. The molecular formula is C11H8ClN5. The molecule has 0 spiro atoms. The molecular weight excluding hydrogens is 238 g/mol. The maximum atomic E-state index is 5.78. The van der Waals surface area contributed by atoms with Gasteiger partial charge in [-0.1, -0.05) is 11.6 Å². The minimum Gasteiger partial charge on any atom is -0.340 e. The summed E-state index contributed by atoms with van der Waals surface area (Å²) in [5.41, 5.74) is 1.92. The number of anilines is 2.